The van der Waals surface area contributed by atoms with Crippen LogP contribution in [0.25, 0.3) is 22.2 Å². The standard InChI is InChI=1S/C16H17N3O/c1-9-15(10(2)20-19-9)12-6-14-16(18-7-12)13(8-17-14)5-11-3-4-11/h6-8,11,17H,3-5H2,1-2H3. The highest BCUT2D eigenvalue weighted by atomic mass is 16.5. The summed E-state index contributed by atoms with van der Waals surface area (Å²) in [4.78, 5) is 8.01. The van der Waals surface area contributed by atoms with Crippen LogP contribution < -0.4 is 0 Å². The molecule has 0 amide bonds. The summed E-state index contributed by atoms with van der Waals surface area (Å²) < 4.78 is 5.24. The van der Waals surface area contributed by atoms with E-state index in [9.17, 15) is 0 Å². The lowest BCUT2D eigenvalue weighted by Crippen LogP contribution is -1.88. The molecule has 20 heavy (non-hydrogen) atoms. The van der Waals surface area contributed by atoms with Crippen molar-refractivity contribution in [3.63, 3.8) is 0 Å². The Bertz CT molecular complexity index is 761. The smallest absolute Gasteiger partial charge is 0.141 e. The molecule has 0 atom stereocenters. The van der Waals surface area contributed by atoms with E-state index in [1.54, 1.807) is 0 Å². The van der Waals surface area contributed by atoms with Gasteiger partial charge in [0.1, 0.15) is 5.76 Å². The first kappa shape index (κ1) is 11.7. The second-order valence-electron chi connectivity index (χ2n) is 5.78. The number of nitrogens with zero attached hydrogens (tertiary/aromatic N) is 2. The normalized spacial score (nSPS) is 15.1. The minimum Gasteiger partial charge on any atom is -0.361 e. The van der Waals surface area contributed by atoms with E-state index < -0.39 is 0 Å². The molecule has 0 saturated heterocycles. The van der Waals surface area contributed by atoms with Gasteiger partial charge in [-0.25, -0.2) is 0 Å². The van der Waals surface area contributed by atoms with E-state index in [2.05, 4.69) is 27.4 Å². The fourth-order valence-corrected chi connectivity index (χ4v) is 2.88. The first-order valence-corrected chi connectivity index (χ1v) is 7.11. The Hall–Kier alpha value is -2.10. The molecule has 0 bridgehead atoms. The molecule has 0 radical (unpaired) electrons. The highest BCUT2D eigenvalue weighted by Crippen LogP contribution is 2.35. The molecule has 4 rings (SSSR count). The summed E-state index contributed by atoms with van der Waals surface area (Å²) in [6, 6.07) is 2.14. The van der Waals surface area contributed by atoms with E-state index in [0.717, 1.165) is 46.0 Å². The van der Waals surface area contributed by atoms with Crippen LogP contribution >= 0.6 is 0 Å². The Kier molecular flexibility index (Phi) is 2.46. The molecule has 3 aromatic heterocycles. The Morgan fingerprint density at radius 1 is 1.35 bits per heavy atom. The molecule has 0 aromatic carbocycles. The molecule has 0 aliphatic heterocycles. The van der Waals surface area contributed by atoms with Crippen molar-refractivity contribution in [3.8, 4) is 11.1 Å². The molecular formula is C16H17N3O. The third kappa shape index (κ3) is 1.83. The molecule has 102 valence electrons. The first-order valence-electron chi connectivity index (χ1n) is 7.11. The molecule has 1 aliphatic rings. The summed E-state index contributed by atoms with van der Waals surface area (Å²) in [5.41, 5.74) is 6.57. The van der Waals surface area contributed by atoms with Crippen LogP contribution in [0.3, 0.4) is 0 Å². The monoisotopic (exact) mass is 267 g/mol. The van der Waals surface area contributed by atoms with Gasteiger partial charge in [0.2, 0.25) is 0 Å². The molecule has 1 aliphatic carbocycles. The van der Waals surface area contributed by atoms with Crippen LogP contribution in [-0.4, -0.2) is 15.1 Å². The average Bonchev–Trinajstić information content (AvgIpc) is 3.08. The van der Waals surface area contributed by atoms with Crippen molar-refractivity contribution in [1.29, 1.82) is 0 Å². The molecule has 0 spiro atoms. The predicted octanol–water partition coefficient (Wildman–Crippen LogP) is 3.79. The summed E-state index contributed by atoms with van der Waals surface area (Å²) in [5.74, 6) is 1.71. The highest BCUT2D eigenvalue weighted by molar-refractivity contribution is 5.84. The van der Waals surface area contributed by atoms with Gasteiger partial charge in [0.05, 0.1) is 16.7 Å². The number of aromatic amines is 1. The maximum atomic E-state index is 5.24. The van der Waals surface area contributed by atoms with Gasteiger partial charge < -0.3 is 9.51 Å². The van der Waals surface area contributed by atoms with Crippen LogP contribution in [0.4, 0.5) is 0 Å². The van der Waals surface area contributed by atoms with Gasteiger partial charge in [-0.05, 0) is 50.7 Å². The van der Waals surface area contributed by atoms with Crippen LogP contribution in [0, 0.1) is 19.8 Å². The van der Waals surface area contributed by atoms with Crippen molar-refractivity contribution < 1.29 is 4.52 Å². The Balaban J connectivity index is 1.79. The van der Waals surface area contributed by atoms with Gasteiger partial charge in [0, 0.05) is 23.5 Å². The zero-order chi connectivity index (χ0) is 13.7. The summed E-state index contributed by atoms with van der Waals surface area (Å²) >= 11 is 0. The molecular weight excluding hydrogens is 250 g/mol. The number of aryl methyl sites for hydroxylation is 2. The highest BCUT2D eigenvalue weighted by Gasteiger charge is 2.23. The molecule has 4 heteroatoms. The fourth-order valence-electron chi connectivity index (χ4n) is 2.88. The van der Waals surface area contributed by atoms with Gasteiger partial charge in [0.15, 0.2) is 0 Å². The van der Waals surface area contributed by atoms with Crippen LogP contribution in [0.1, 0.15) is 29.9 Å². The number of hydrogen-bond donors (Lipinski definition) is 1. The number of H-pyrrole nitrogens is 1. The summed E-state index contributed by atoms with van der Waals surface area (Å²) in [6.45, 7) is 3.90. The topological polar surface area (TPSA) is 54.7 Å². The Morgan fingerprint density at radius 2 is 2.20 bits per heavy atom. The van der Waals surface area contributed by atoms with E-state index in [1.165, 1.54) is 18.4 Å². The number of hydrogen-bond acceptors (Lipinski definition) is 3. The largest absolute Gasteiger partial charge is 0.361 e. The summed E-state index contributed by atoms with van der Waals surface area (Å²) in [7, 11) is 0. The molecule has 0 unspecified atom stereocenters. The van der Waals surface area contributed by atoms with E-state index >= 15 is 0 Å². The van der Waals surface area contributed by atoms with E-state index in [4.69, 9.17) is 4.52 Å². The number of fused-ring (bicyclic) bond motifs is 1. The fraction of sp³-hybridized carbons (Fsp3) is 0.375. The maximum absolute atomic E-state index is 5.24. The third-order valence-corrected chi connectivity index (χ3v) is 4.12. The molecule has 3 aromatic rings. The zero-order valence-corrected chi connectivity index (χ0v) is 11.7. The molecule has 1 fully saturated rings. The zero-order valence-electron chi connectivity index (χ0n) is 11.7. The molecule has 1 N–H and O–H groups in total. The molecule has 4 nitrogen and oxygen atoms in total. The van der Waals surface area contributed by atoms with Crippen molar-refractivity contribution in [3.05, 3.63) is 35.5 Å². The van der Waals surface area contributed by atoms with Crippen molar-refractivity contribution in [2.75, 3.05) is 0 Å². The van der Waals surface area contributed by atoms with Gasteiger partial charge >= 0.3 is 0 Å². The lowest BCUT2D eigenvalue weighted by Gasteiger charge is -2.01. The minimum atomic E-state index is 0.841. The van der Waals surface area contributed by atoms with E-state index in [1.807, 2.05) is 20.0 Å². The van der Waals surface area contributed by atoms with E-state index in [-0.39, 0.29) is 0 Å². The minimum absolute atomic E-state index is 0.841. The van der Waals surface area contributed by atoms with Crippen LogP contribution in [0.5, 0.6) is 0 Å². The molecule has 3 heterocycles. The second-order valence-corrected chi connectivity index (χ2v) is 5.78. The van der Waals surface area contributed by atoms with Crippen LogP contribution in [-0.2, 0) is 6.42 Å². The predicted molar refractivity (Wildman–Crippen MR) is 77.5 cm³/mol. The Morgan fingerprint density at radius 3 is 2.90 bits per heavy atom. The first-order chi connectivity index (χ1) is 9.72. The quantitative estimate of drug-likeness (QED) is 0.785. The van der Waals surface area contributed by atoms with Gasteiger partial charge in [-0.2, -0.15) is 0 Å². The van der Waals surface area contributed by atoms with Gasteiger partial charge in [-0.1, -0.05) is 5.16 Å². The van der Waals surface area contributed by atoms with Crippen molar-refractivity contribution in [2.24, 2.45) is 5.92 Å². The molecule has 1 saturated carbocycles. The number of pyridine rings is 1. The lowest BCUT2D eigenvalue weighted by atomic mass is 10.1. The van der Waals surface area contributed by atoms with Crippen molar-refractivity contribution in [1.82, 2.24) is 15.1 Å². The van der Waals surface area contributed by atoms with Crippen molar-refractivity contribution in [2.45, 2.75) is 33.1 Å². The number of rotatable bonds is 3. The average molecular weight is 267 g/mol. The van der Waals surface area contributed by atoms with Crippen LogP contribution in [0.15, 0.2) is 23.0 Å². The number of aromatic nitrogens is 3. The van der Waals surface area contributed by atoms with Crippen molar-refractivity contribution >= 4 is 11.0 Å². The van der Waals surface area contributed by atoms with Gasteiger partial charge in [0.25, 0.3) is 0 Å². The Labute approximate surface area is 117 Å². The van der Waals surface area contributed by atoms with Gasteiger partial charge in [-0.3, -0.25) is 4.98 Å². The lowest BCUT2D eigenvalue weighted by molar-refractivity contribution is 0.393. The maximum Gasteiger partial charge on any atom is 0.141 e. The van der Waals surface area contributed by atoms with Crippen LogP contribution in [0.2, 0.25) is 0 Å². The third-order valence-electron chi connectivity index (χ3n) is 4.12. The van der Waals surface area contributed by atoms with Gasteiger partial charge in [-0.15, -0.1) is 0 Å². The summed E-state index contributed by atoms with van der Waals surface area (Å²) in [6.07, 6.45) is 7.91. The summed E-state index contributed by atoms with van der Waals surface area (Å²) in [5, 5.41) is 4.01. The SMILES string of the molecule is Cc1noc(C)c1-c1cnc2c(CC3CC3)c[nH]c2c1. The second kappa shape index (κ2) is 4.20. The number of nitrogens with one attached hydrogen (secondary N) is 1. The van der Waals surface area contributed by atoms with E-state index in [0.29, 0.717) is 0 Å².